The fraction of sp³-hybridized carbons (Fsp3) is 0.125. The van der Waals surface area contributed by atoms with E-state index in [0.717, 1.165) is 17.0 Å². The number of carbonyl (C=O) groups excluding carboxylic acids is 1. The Kier molecular flexibility index (Phi) is 7.62. The third kappa shape index (κ3) is 5.47. The molecule has 4 aromatic rings. The first kappa shape index (κ1) is 23.9. The lowest BCUT2D eigenvalue weighted by molar-refractivity contribution is -0.113. The Balaban J connectivity index is 1.57. The van der Waals surface area contributed by atoms with Crippen LogP contribution in [0.2, 0.25) is 10.0 Å². The molecule has 34 heavy (non-hydrogen) atoms. The molecule has 0 bridgehead atoms. The molecule has 0 aliphatic heterocycles. The van der Waals surface area contributed by atoms with E-state index in [1.807, 2.05) is 41.0 Å². The van der Waals surface area contributed by atoms with E-state index in [1.54, 1.807) is 37.4 Å². The molecule has 174 valence electrons. The van der Waals surface area contributed by atoms with Gasteiger partial charge in [-0.1, -0.05) is 35.0 Å². The van der Waals surface area contributed by atoms with E-state index >= 15 is 0 Å². The number of nitrogens with zero attached hydrogens (tertiary/aromatic N) is 3. The molecule has 4 rings (SSSR count). The molecule has 7 nitrogen and oxygen atoms in total. The minimum Gasteiger partial charge on any atom is -0.497 e. The van der Waals surface area contributed by atoms with Crippen molar-refractivity contribution in [1.82, 2.24) is 14.8 Å². The van der Waals surface area contributed by atoms with Crippen LogP contribution < -0.4 is 14.8 Å². The third-order valence-corrected chi connectivity index (χ3v) is 6.31. The Hall–Kier alpha value is -3.20. The number of benzene rings is 3. The summed E-state index contributed by atoms with van der Waals surface area (Å²) in [5.74, 6) is 1.82. The van der Waals surface area contributed by atoms with E-state index in [4.69, 9.17) is 32.7 Å². The Morgan fingerprint density at radius 3 is 2.35 bits per heavy atom. The molecule has 1 heterocycles. The number of anilines is 1. The van der Waals surface area contributed by atoms with Crippen LogP contribution in [0.5, 0.6) is 11.5 Å². The van der Waals surface area contributed by atoms with Crippen LogP contribution in [0, 0.1) is 0 Å². The summed E-state index contributed by atoms with van der Waals surface area (Å²) in [5.41, 5.74) is 2.26. The minimum atomic E-state index is -0.205. The number of carbonyl (C=O) groups is 1. The van der Waals surface area contributed by atoms with Gasteiger partial charge < -0.3 is 14.8 Å². The van der Waals surface area contributed by atoms with Crippen molar-refractivity contribution in [2.24, 2.45) is 0 Å². The molecule has 0 fully saturated rings. The largest absolute Gasteiger partial charge is 0.497 e. The number of hydrogen-bond acceptors (Lipinski definition) is 6. The molecule has 10 heteroatoms. The van der Waals surface area contributed by atoms with Crippen LogP contribution in [-0.4, -0.2) is 40.6 Å². The van der Waals surface area contributed by atoms with Crippen molar-refractivity contribution in [3.63, 3.8) is 0 Å². The van der Waals surface area contributed by atoms with Crippen LogP contribution in [0.15, 0.2) is 71.9 Å². The van der Waals surface area contributed by atoms with E-state index in [-0.39, 0.29) is 11.7 Å². The maximum Gasteiger partial charge on any atom is 0.234 e. The maximum atomic E-state index is 12.6. The molecule has 0 atom stereocenters. The number of hydrogen-bond donors (Lipinski definition) is 1. The molecule has 0 aliphatic rings. The molecule has 3 aromatic carbocycles. The highest BCUT2D eigenvalue weighted by atomic mass is 35.5. The van der Waals surface area contributed by atoms with Crippen molar-refractivity contribution >= 4 is 46.6 Å². The van der Waals surface area contributed by atoms with Crippen molar-refractivity contribution in [3.05, 3.63) is 76.8 Å². The number of ether oxygens (including phenoxy) is 2. The number of thioether (sulfide) groups is 1. The van der Waals surface area contributed by atoms with Gasteiger partial charge in [0.05, 0.1) is 25.0 Å². The van der Waals surface area contributed by atoms with Crippen molar-refractivity contribution in [3.8, 4) is 28.6 Å². The third-order valence-electron chi connectivity index (χ3n) is 4.83. The summed E-state index contributed by atoms with van der Waals surface area (Å²) in [6.07, 6.45) is 0. The molecule has 0 saturated carbocycles. The minimum absolute atomic E-state index is 0.124. The Bertz CT molecular complexity index is 1290. The van der Waals surface area contributed by atoms with Crippen LogP contribution in [0.1, 0.15) is 0 Å². The molecular formula is C24H20Cl2N4O3S. The standard InChI is InChI=1S/C24H20Cl2N4O3S/c1-32-19-10-8-18(9-11-19)30-23(15-3-5-16(25)6-4-15)28-29-24(30)34-14-22(31)27-17-7-12-21(33-2)20(26)13-17/h3-13H,14H2,1-2H3,(H,27,31). The number of rotatable bonds is 8. The van der Waals surface area contributed by atoms with Gasteiger partial charge in [-0.3, -0.25) is 9.36 Å². The highest BCUT2D eigenvalue weighted by Crippen LogP contribution is 2.30. The Morgan fingerprint density at radius 2 is 1.71 bits per heavy atom. The highest BCUT2D eigenvalue weighted by molar-refractivity contribution is 7.99. The summed E-state index contributed by atoms with van der Waals surface area (Å²) < 4.78 is 12.3. The Morgan fingerprint density at radius 1 is 0.971 bits per heavy atom. The molecule has 1 N–H and O–H groups in total. The monoisotopic (exact) mass is 514 g/mol. The van der Waals surface area contributed by atoms with E-state index in [9.17, 15) is 4.79 Å². The van der Waals surface area contributed by atoms with Crippen LogP contribution >= 0.6 is 35.0 Å². The van der Waals surface area contributed by atoms with Gasteiger partial charge in [0.15, 0.2) is 11.0 Å². The molecule has 0 radical (unpaired) electrons. The zero-order valence-corrected chi connectivity index (χ0v) is 20.6. The first-order valence-electron chi connectivity index (χ1n) is 10.1. The van der Waals surface area contributed by atoms with Crippen LogP contribution in [0.25, 0.3) is 17.1 Å². The summed E-state index contributed by atoms with van der Waals surface area (Å²) in [4.78, 5) is 12.6. The second-order valence-corrected chi connectivity index (χ2v) is 8.82. The van der Waals surface area contributed by atoms with Crippen molar-refractivity contribution in [2.45, 2.75) is 5.16 Å². The SMILES string of the molecule is COc1ccc(-n2c(SCC(=O)Nc3ccc(OC)c(Cl)c3)nnc2-c2ccc(Cl)cc2)cc1. The zero-order valence-electron chi connectivity index (χ0n) is 18.3. The first-order valence-corrected chi connectivity index (χ1v) is 11.8. The summed E-state index contributed by atoms with van der Waals surface area (Å²) in [6, 6.07) is 19.9. The molecule has 0 unspecified atom stereocenters. The number of methoxy groups -OCH3 is 2. The summed E-state index contributed by atoms with van der Waals surface area (Å²) in [7, 11) is 3.15. The number of halogens is 2. The second kappa shape index (κ2) is 10.8. The lowest BCUT2D eigenvalue weighted by Crippen LogP contribution is -2.14. The van der Waals surface area contributed by atoms with Gasteiger partial charge >= 0.3 is 0 Å². The topological polar surface area (TPSA) is 78.3 Å². The average molecular weight is 515 g/mol. The van der Waals surface area contributed by atoms with Crippen molar-refractivity contribution in [1.29, 1.82) is 0 Å². The van der Waals surface area contributed by atoms with Crippen LogP contribution in [-0.2, 0) is 4.79 Å². The van der Waals surface area contributed by atoms with Gasteiger partial charge in [-0.05, 0) is 66.7 Å². The fourth-order valence-electron chi connectivity index (χ4n) is 3.18. The highest BCUT2D eigenvalue weighted by Gasteiger charge is 2.18. The molecule has 0 spiro atoms. The predicted octanol–water partition coefficient (Wildman–Crippen LogP) is 5.99. The summed E-state index contributed by atoms with van der Waals surface area (Å²) >= 11 is 13.5. The van der Waals surface area contributed by atoms with Gasteiger partial charge in [0.1, 0.15) is 11.5 Å². The van der Waals surface area contributed by atoms with Crippen molar-refractivity contribution < 1.29 is 14.3 Å². The average Bonchev–Trinajstić information content (AvgIpc) is 3.27. The number of nitrogens with one attached hydrogen (secondary N) is 1. The predicted molar refractivity (Wildman–Crippen MR) is 136 cm³/mol. The first-order chi connectivity index (χ1) is 16.5. The Labute approximate surface area is 211 Å². The smallest absolute Gasteiger partial charge is 0.234 e. The van der Waals surface area contributed by atoms with Gasteiger partial charge in [0.2, 0.25) is 5.91 Å². The lowest BCUT2D eigenvalue weighted by Gasteiger charge is -2.11. The second-order valence-electron chi connectivity index (χ2n) is 7.03. The van der Waals surface area contributed by atoms with E-state index < -0.39 is 0 Å². The van der Waals surface area contributed by atoms with Crippen LogP contribution in [0.4, 0.5) is 5.69 Å². The van der Waals surface area contributed by atoms with E-state index in [2.05, 4.69) is 15.5 Å². The van der Waals surface area contributed by atoms with Crippen molar-refractivity contribution in [2.75, 3.05) is 25.3 Å². The van der Waals surface area contributed by atoms with Gasteiger partial charge in [-0.15, -0.1) is 10.2 Å². The summed E-state index contributed by atoms with van der Waals surface area (Å²) in [6.45, 7) is 0. The number of amides is 1. The zero-order chi connectivity index (χ0) is 24.1. The quantitative estimate of drug-likeness (QED) is 0.291. The lowest BCUT2D eigenvalue weighted by atomic mass is 10.2. The van der Waals surface area contributed by atoms with Gasteiger partial charge in [0.25, 0.3) is 0 Å². The van der Waals surface area contributed by atoms with E-state index in [0.29, 0.717) is 32.5 Å². The van der Waals surface area contributed by atoms with Gasteiger partial charge in [-0.2, -0.15) is 0 Å². The molecular weight excluding hydrogens is 495 g/mol. The van der Waals surface area contributed by atoms with Gasteiger partial charge in [-0.25, -0.2) is 0 Å². The summed E-state index contributed by atoms with van der Waals surface area (Å²) in [5, 5.41) is 13.2. The maximum absolute atomic E-state index is 12.6. The normalized spacial score (nSPS) is 10.7. The number of aromatic nitrogens is 3. The van der Waals surface area contributed by atoms with Gasteiger partial charge in [0, 0.05) is 22.0 Å². The molecule has 0 saturated heterocycles. The fourth-order valence-corrected chi connectivity index (χ4v) is 4.32. The van der Waals surface area contributed by atoms with Crippen LogP contribution in [0.3, 0.4) is 0 Å². The molecule has 1 aromatic heterocycles. The molecule has 0 aliphatic carbocycles. The van der Waals surface area contributed by atoms with E-state index in [1.165, 1.54) is 18.9 Å². The molecule has 1 amide bonds.